The zero-order valence-electron chi connectivity index (χ0n) is 18.2. The Balaban J connectivity index is 1.63. The molecule has 9 heteroatoms. The van der Waals surface area contributed by atoms with Crippen LogP contribution in [0, 0.1) is 0 Å². The van der Waals surface area contributed by atoms with E-state index in [2.05, 4.69) is 0 Å². The van der Waals surface area contributed by atoms with Crippen molar-refractivity contribution in [2.75, 3.05) is 36.6 Å². The van der Waals surface area contributed by atoms with Crippen LogP contribution in [-0.4, -0.2) is 57.7 Å². The van der Waals surface area contributed by atoms with E-state index in [0.717, 1.165) is 16.7 Å². The highest BCUT2D eigenvalue weighted by atomic mass is 32.3. The number of furan rings is 1. The van der Waals surface area contributed by atoms with Crippen molar-refractivity contribution in [3.05, 3.63) is 78.3 Å². The molecule has 0 saturated carbocycles. The number of rotatable bonds is 5. The van der Waals surface area contributed by atoms with Crippen molar-refractivity contribution in [2.45, 2.75) is 6.54 Å². The van der Waals surface area contributed by atoms with Crippen LogP contribution in [-0.2, 0) is 11.3 Å². The summed E-state index contributed by atoms with van der Waals surface area (Å²) >= 11 is 0. The van der Waals surface area contributed by atoms with E-state index < -0.39 is 16.6 Å². The summed E-state index contributed by atoms with van der Waals surface area (Å²) in [6.45, 7) is 0.836. The molecule has 0 aliphatic carbocycles. The summed E-state index contributed by atoms with van der Waals surface area (Å²) in [5.41, 5.74) is 3.78. The first-order chi connectivity index (χ1) is 15.9. The second kappa shape index (κ2) is 9.70. The van der Waals surface area contributed by atoms with E-state index >= 15 is 0 Å². The van der Waals surface area contributed by atoms with Gasteiger partial charge in [-0.25, -0.2) is 9.59 Å². The average molecular weight is 471 g/mol. The molecule has 3 aromatic rings. The molecule has 33 heavy (non-hydrogen) atoms. The fourth-order valence-electron chi connectivity index (χ4n) is 3.69. The van der Waals surface area contributed by atoms with Gasteiger partial charge in [0, 0.05) is 24.3 Å². The lowest BCUT2D eigenvalue weighted by atomic mass is 10.1. The molecule has 1 aliphatic heterocycles. The van der Waals surface area contributed by atoms with Crippen LogP contribution in [0.4, 0.5) is 10.5 Å². The van der Waals surface area contributed by atoms with Crippen molar-refractivity contribution < 1.29 is 27.8 Å². The van der Waals surface area contributed by atoms with Crippen LogP contribution in [0.2, 0.25) is 0 Å². The monoisotopic (exact) mass is 470 g/mol. The van der Waals surface area contributed by atoms with Crippen molar-refractivity contribution >= 4 is 28.3 Å². The van der Waals surface area contributed by atoms with Gasteiger partial charge in [0.05, 0.1) is 43.3 Å². The number of methoxy groups -OCH3 is 1. The summed E-state index contributed by atoms with van der Waals surface area (Å²) < 4.78 is 29.8. The topological polar surface area (TPSA) is 103 Å². The molecule has 1 saturated heterocycles. The van der Waals surface area contributed by atoms with Gasteiger partial charge in [0.15, 0.2) is 0 Å². The molecule has 174 valence electrons. The Kier molecular flexibility index (Phi) is 6.73. The summed E-state index contributed by atoms with van der Waals surface area (Å²) in [5.74, 6) is -0.0696. The Bertz CT molecular complexity index is 1100. The van der Waals surface area contributed by atoms with E-state index in [1.54, 1.807) is 46.6 Å². The van der Waals surface area contributed by atoms with Gasteiger partial charge in [0.2, 0.25) is 0 Å². The average Bonchev–Trinajstić information content (AvgIpc) is 3.37. The molecule has 2 aromatic carbocycles. The van der Waals surface area contributed by atoms with Crippen molar-refractivity contribution in [1.29, 1.82) is 0 Å². The quantitative estimate of drug-likeness (QED) is 0.513. The smallest absolute Gasteiger partial charge is 0.337 e. The molecule has 0 spiro atoms. The second-order valence-electron chi connectivity index (χ2n) is 7.82. The molecule has 2 heterocycles. The van der Waals surface area contributed by atoms with Crippen LogP contribution in [0.25, 0.3) is 11.1 Å². The Hall–Kier alpha value is -3.27. The van der Waals surface area contributed by atoms with Crippen LogP contribution < -0.4 is 4.90 Å². The van der Waals surface area contributed by atoms with Crippen molar-refractivity contribution in [3.8, 4) is 11.1 Å². The van der Waals surface area contributed by atoms with Crippen molar-refractivity contribution in [1.82, 2.24) is 4.90 Å². The lowest BCUT2D eigenvalue weighted by Crippen LogP contribution is -2.48. The standard InChI is InChI=1S/C24H26N2O6S/c1-31-23(27)19-7-5-18(6-8-19)16-26(24(28)25-10-13-33(29,30)14-11-25)22-4-2-3-20(15-22)21-9-12-32-17-21/h2-9,12,15,17,29-30H,10-11,13-14,16H2,1H3. The molecule has 4 rings (SSSR count). The number of hydrogen-bond acceptors (Lipinski definition) is 6. The van der Waals surface area contributed by atoms with Gasteiger partial charge in [-0.2, -0.15) is 10.6 Å². The maximum atomic E-state index is 13.5. The van der Waals surface area contributed by atoms with Gasteiger partial charge in [0.1, 0.15) is 0 Å². The Morgan fingerprint density at radius 1 is 1.06 bits per heavy atom. The maximum Gasteiger partial charge on any atom is 0.337 e. The molecule has 2 N–H and O–H groups in total. The molecule has 0 radical (unpaired) electrons. The number of carbonyl (C=O) groups excluding carboxylic acids is 2. The summed E-state index contributed by atoms with van der Waals surface area (Å²) in [7, 11) is -1.29. The lowest BCUT2D eigenvalue weighted by molar-refractivity contribution is 0.0600. The third-order valence-electron chi connectivity index (χ3n) is 5.61. The summed E-state index contributed by atoms with van der Waals surface area (Å²) in [4.78, 5) is 28.6. The first kappa shape index (κ1) is 22.9. The van der Waals surface area contributed by atoms with Crippen LogP contribution in [0.3, 0.4) is 0 Å². The summed E-state index contributed by atoms with van der Waals surface area (Å²) in [6.07, 6.45) is 3.24. The van der Waals surface area contributed by atoms with Gasteiger partial charge in [-0.1, -0.05) is 24.3 Å². The van der Waals surface area contributed by atoms with E-state index in [9.17, 15) is 18.7 Å². The summed E-state index contributed by atoms with van der Waals surface area (Å²) in [6, 6.07) is 16.2. The first-order valence-corrected chi connectivity index (χ1v) is 12.3. The number of urea groups is 1. The summed E-state index contributed by atoms with van der Waals surface area (Å²) in [5, 5.41) is 0. The lowest BCUT2D eigenvalue weighted by Gasteiger charge is -2.42. The molecular formula is C24H26N2O6S. The van der Waals surface area contributed by atoms with E-state index in [0.29, 0.717) is 11.3 Å². The van der Waals surface area contributed by atoms with E-state index in [-0.39, 0.29) is 37.2 Å². The SMILES string of the molecule is COC(=O)c1ccc(CN(C(=O)N2CCS(O)(O)CC2)c2cccc(-c3ccoc3)c2)cc1. The molecule has 0 unspecified atom stereocenters. The number of nitrogens with zero attached hydrogens (tertiary/aromatic N) is 2. The molecule has 0 atom stereocenters. The van der Waals surface area contributed by atoms with Crippen molar-refractivity contribution in [2.24, 2.45) is 0 Å². The van der Waals surface area contributed by atoms with Crippen molar-refractivity contribution in [3.63, 3.8) is 0 Å². The second-order valence-corrected chi connectivity index (χ2v) is 10.2. The number of amides is 2. The minimum atomic E-state index is -2.62. The number of anilines is 1. The largest absolute Gasteiger partial charge is 0.472 e. The minimum Gasteiger partial charge on any atom is -0.472 e. The van der Waals surface area contributed by atoms with Crippen LogP contribution in [0.5, 0.6) is 0 Å². The maximum absolute atomic E-state index is 13.5. The van der Waals surface area contributed by atoms with E-state index in [1.165, 1.54) is 7.11 Å². The zero-order valence-corrected chi connectivity index (χ0v) is 19.0. The highest BCUT2D eigenvalue weighted by molar-refractivity contribution is 8.24. The molecule has 1 fully saturated rings. The molecule has 1 aliphatic rings. The van der Waals surface area contributed by atoms with Crippen LogP contribution in [0.1, 0.15) is 15.9 Å². The predicted octanol–water partition coefficient (Wildman–Crippen LogP) is 4.93. The molecule has 1 aromatic heterocycles. The number of benzene rings is 2. The number of hydrogen-bond donors (Lipinski definition) is 2. The Morgan fingerprint density at radius 2 is 1.79 bits per heavy atom. The molecule has 0 bridgehead atoms. The van der Waals surface area contributed by atoms with Crippen LogP contribution in [0.15, 0.2) is 71.5 Å². The van der Waals surface area contributed by atoms with Gasteiger partial charge in [0.25, 0.3) is 0 Å². The third-order valence-corrected chi connectivity index (χ3v) is 7.28. The zero-order chi connectivity index (χ0) is 23.4. The fraction of sp³-hybridized carbons (Fsp3) is 0.250. The highest BCUT2D eigenvalue weighted by Crippen LogP contribution is 2.40. The third kappa shape index (κ3) is 5.39. The van der Waals surface area contributed by atoms with Gasteiger partial charge >= 0.3 is 12.0 Å². The fourth-order valence-corrected chi connectivity index (χ4v) is 4.92. The highest BCUT2D eigenvalue weighted by Gasteiger charge is 2.29. The van der Waals surface area contributed by atoms with Crippen LogP contribution >= 0.6 is 10.6 Å². The molecular weight excluding hydrogens is 444 g/mol. The number of esters is 1. The van der Waals surface area contributed by atoms with Gasteiger partial charge in [-0.05, 0) is 41.5 Å². The minimum absolute atomic E-state index is 0.176. The number of ether oxygens (including phenoxy) is 1. The Morgan fingerprint density at radius 3 is 2.42 bits per heavy atom. The molecule has 2 amide bonds. The molecule has 8 nitrogen and oxygen atoms in total. The Labute approximate surface area is 193 Å². The first-order valence-electron chi connectivity index (χ1n) is 10.5. The normalized spacial score (nSPS) is 16.2. The van der Waals surface area contributed by atoms with E-state index in [4.69, 9.17) is 9.15 Å². The van der Waals surface area contributed by atoms with Gasteiger partial charge in [-0.3, -0.25) is 14.0 Å². The number of carbonyl (C=O) groups is 2. The predicted molar refractivity (Wildman–Crippen MR) is 128 cm³/mol. The van der Waals surface area contributed by atoms with Gasteiger partial charge in [-0.15, -0.1) is 0 Å². The van der Waals surface area contributed by atoms with E-state index in [1.807, 2.05) is 30.3 Å². The van der Waals surface area contributed by atoms with Gasteiger partial charge < -0.3 is 14.1 Å².